The topological polar surface area (TPSA) is 0 Å². The van der Waals surface area contributed by atoms with Crippen molar-refractivity contribution in [3.05, 3.63) is 141 Å². The van der Waals surface area contributed by atoms with E-state index in [1.165, 1.54) is 0 Å². The average molecular weight is 479 g/mol. The van der Waals surface area contributed by atoms with E-state index in [0.29, 0.717) is 0 Å². The molecule has 0 nitrogen and oxygen atoms in total. The minimum absolute atomic E-state index is 0.829. The lowest BCUT2D eigenvalue weighted by Crippen LogP contribution is -1.86. The van der Waals surface area contributed by atoms with Gasteiger partial charge in [0.2, 0.25) is 0 Å². The summed E-state index contributed by atoms with van der Waals surface area (Å²) in [6, 6.07) is 29.4. The Hall–Kier alpha value is -5.76. The van der Waals surface area contributed by atoms with Gasteiger partial charge in [0.25, 0.3) is 0 Å². The molecule has 4 aromatic rings. The van der Waals surface area contributed by atoms with Crippen LogP contribution in [0.1, 0.15) is 63.9 Å². The number of rotatable bonds is 0. The van der Waals surface area contributed by atoms with Gasteiger partial charge >= 0.3 is 0 Å². The Kier molecular flexibility index (Phi) is 8.54. The molecule has 0 aliphatic rings. The van der Waals surface area contributed by atoms with Crippen molar-refractivity contribution in [2.24, 2.45) is 0 Å². The van der Waals surface area contributed by atoms with Crippen molar-refractivity contribution < 1.29 is 0 Å². The highest BCUT2D eigenvalue weighted by Gasteiger charge is 1.98. The van der Waals surface area contributed by atoms with Crippen LogP contribution in [-0.4, -0.2) is 0 Å². The van der Waals surface area contributed by atoms with E-state index in [1.807, 2.05) is 105 Å². The van der Waals surface area contributed by atoms with E-state index in [0.717, 1.165) is 50.1 Å². The largest absolute Gasteiger partial charge is 0.115 e. The van der Waals surface area contributed by atoms with Gasteiger partial charge in [0.05, 0.1) is 0 Å². The van der Waals surface area contributed by atoms with Crippen LogP contribution < -0.4 is 0 Å². The maximum atomic E-state index is 5.46. The zero-order chi connectivity index (χ0) is 26.6. The SMILES string of the molecule is C#Cc1ccc(C#Cc2cc(C#Cc3ccc(C#CC)cc3)cc(C#Cc3ccc(C#CC)cc3)c2)cc1. The van der Waals surface area contributed by atoms with E-state index in [1.54, 1.807) is 0 Å². The lowest BCUT2D eigenvalue weighted by molar-refractivity contribution is 1.54. The lowest BCUT2D eigenvalue weighted by Gasteiger charge is -1.98. The third-order valence-corrected chi connectivity index (χ3v) is 5.35. The van der Waals surface area contributed by atoms with Gasteiger partial charge in [-0.2, -0.15) is 0 Å². The quantitative estimate of drug-likeness (QED) is 0.250. The van der Waals surface area contributed by atoms with E-state index in [-0.39, 0.29) is 0 Å². The highest BCUT2D eigenvalue weighted by atomic mass is 14.0. The molecule has 0 radical (unpaired) electrons. The monoisotopic (exact) mass is 478 g/mol. The summed E-state index contributed by atoms with van der Waals surface area (Å²) in [4.78, 5) is 0. The minimum Gasteiger partial charge on any atom is -0.115 e. The molecule has 0 spiro atoms. The van der Waals surface area contributed by atoms with E-state index in [4.69, 9.17) is 6.42 Å². The molecule has 0 bridgehead atoms. The third kappa shape index (κ3) is 7.37. The second-order valence-electron chi connectivity index (χ2n) is 8.18. The maximum Gasteiger partial charge on any atom is 0.0273 e. The van der Waals surface area contributed by atoms with E-state index < -0.39 is 0 Å². The molecule has 4 rings (SSSR count). The van der Waals surface area contributed by atoms with Gasteiger partial charge in [-0.1, -0.05) is 53.3 Å². The summed E-state index contributed by atoms with van der Waals surface area (Å²) in [6.45, 7) is 3.65. The second-order valence-corrected chi connectivity index (χ2v) is 8.18. The Morgan fingerprint density at radius 1 is 0.342 bits per heavy atom. The summed E-state index contributed by atoms with van der Waals surface area (Å²) in [7, 11) is 0. The molecule has 0 heteroatoms. The first-order valence-corrected chi connectivity index (χ1v) is 12.0. The zero-order valence-electron chi connectivity index (χ0n) is 21.2. The predicted molar refractivity (Wildman–Crippen MR) is 157 cm³/mol. The molecule has 0 N–H and O–H groups in total. The molecular weight excluding hydrogens is 456 g/mol. The molecule has 4 aromatic carbocycles. The Bertz CT molecular complexity index is 1710. The first-order chi connectivity index (χ1) is 18.6. The summed E-state index contributed by atoms with van der Waals surface area (Å²) in [5.41, 5.74) is 8.01. The molecule has 0 unspecified atom stereocenters. The highest BCUT2D eigenvalue weighted by Crippen LogP contribution is 2.11. The fourth-order valence-electron chi connectivity index (χ4n) is 3.49. The Morgan fingerprint density at radius 3 is 0.842 bits per heavy atom. The fourth-order valence-corrected chi connectivity index (χ4v) is 3.49. The first-order valence-electron chi connectivity index (χ1n) is 12.0. The molecular formula is C38H22. The van der Waals surface area contributed by atoms with E-state index >= 15 is 0 Å². The van der Waals surface area contributed by atoms with Crippen LogP contribution in [-0.2, 0) is 0 Å². The summed E-state index contributed by atoms with van der Waals surface area (Å²) in [6.07, 6.45) is 5.46. The maximum absolute atomic E-state index is 5.46. The van der Waals surface area contributed by atoms with Crippen molar-refractivity contribution in [3.63, 3.8) is 0 Å². The van der Waals surface area contributed by atoms with Crippen molar-refractivity contribution in [2.45, 2.75) is 13.8 Å². The number of hydrogen-bond acceptors (Lipinski definition) is 0. The van der Waals surface area contributed by atoms with Gasteiger partial charge in [0.15, 0.2) is 0 Å². The van der Waals surface area contributed by atoms with Crippen LogP contribution in [0.25, 0.3) is 0 Å². The summed E-state index contributed by atoms with van der Waals surface area (Å²) in [5, 5.41) is 0. The third-order valence-electron chi connectivity index (χ3n) is 5.35. The van der Waals surface area contributed by atoms with Crippen molar-refractivity contribution in [1.29, 1.82) is 0 Å². The van der Waals surface area contributed by atoms with Crippen LogP contribution in [0.5, 0.6) is 0 Å². The normalized spacial score (nSPS) is 8.76. The second kappa shape index (κ2) is 12.8. The minimum atomic E-state index is 0.829. The van der Waals surface area contributed by atoms with Crippen LogP contribution in [0.3, 0.4) is 0 Å². The van der Waals surface area contributed by atoms with Crippen LogP contribution >= 0.6 is 0 Å². The Labute approximate surface area is 226 Å². The van der Waals surface area contributed by atoms with Crippen LogP contribution in [0, 0.1) is 71.5 Å². The van der Waals surface area contributed by atoms with E-state index in [2.05, 4.69) is 65.1 Å². The smallest absolute Gasteiger partial charge is 0.0273 e. The number of benzene rings is 4. The summed E-state index contributed by atoms with van der Waals surface area (Å²) in [5.74, 6) is 34.0. The molecule has 174 valence electrons. The Balaban J connectivity index is 1.68. The Morgan fingerprint density at radius 2 is 0.579 bits per heavy atom. The molecule has 0 aliphatic heterocycles. The molecule has 0 atom stereocenters. The molecule has 0 aromatic heterocycles. The first kappa shape index (κ1) is 25.3. The summed E-state index contributed by atoms with van der Waals surface area (Å²) >= 11 is 0. The van der Waals surface area contributed by atoms with Crippen LogP contribution in [0.15, 0.2) is 91.0 Å². The highest BCUT2D eigenvalue weighted by molar-refractivity contribution is 5.56. The van der Waals surface area contributed by atoms with Crippen molar-refractivity contribution in [3.8, 4) is 71.5 Å². The molecule has 38 heavy (non-hydrogen) atoms. The predicted octanol–water partition coefficient (Wildman–Crippen LogP) is 6.61. The van der Waals surface area contributed by atoms with Crippen molar-refractivity contribution in [2.75, 3.05) is 0 Å². The molecule has 0 saturated carbocycles. The van der Waals surface area contributed by atoms with Gasteiger partial charge in [-0.3, -0.25) is 0 Å². The van der Waals surface area contributed by atoms with Crippen molar-refractivity contribution in [1.82, 2.24) is 0 Å². The number of terminal acetylenes is 1. The van der Waals surface area contributed by atoms with Crippen molar-refractivity contribution >= 4 is 0 Å². The van der Waals surface area contributed by atoms with Crippen LogP contribution in [0.2, 0.25) is 0 Å². The zero-order valence-corrected chi connectivity index (χ0v) is 21.2. The van der Waals surface area contributed by atoms with Gasteiger partial charge < -0.3 is 0 Å². The van der Waals surface area contributed by atoms with Crippen LogP contribution in [0.4, 0.5) is 0 Å². The standard InChI is InChI=1S/C38H22/c1-4-7-31-13-17-34(18-14-31)22-25-37-27-36(24-21-33-11-9-30(6-3)10-12-33)28-38(29-37)26-23-35-19-15-32(8-5-2)16-20-35/h3,9-20,27-29H,1-2H3. The van der Waals surface area contributed by atoms with Gasteiger partial charge in [0.1, 0.15) is 0 Å². The molecule has 0 aliphatic carbocycles. The van der Waals surface area contributed by atoms with Gasteiger partial charge in [-0.25, -0.2) is 0 Å². The van der Waals surface area contributed by atoms with Gasteiger partial charge in [-0.05, 0) is 105 Å². The number of hydrogen-bond donors (Lipinski definition) is 0. The van der Waals surface area contributed by atoms with Gasteiger partial charge in [-0.15, -0.1) is 18.3 Å². The van der Waals surface area contributed by atoms with Gasteiger partial charge in [0, 0.05) is 50.1 Å². The molecule has 0 heterocycles. The average Bonchev–Trinajstić information content (AvgIpc) is 2.96. The molecule has 0 fully saturated rings. The lowest BCUT2D eigenvalue weighted by atomic mass is 10.0. The summed E-state index contributed by atoms with van der Waals surface area (Å²) < 4.78 is 0. The molecule has 0 saturated heterocycles. The molecule has 0 amide bonds. The fraction of sp³-hybridized carbons (Fsp3) is 0.0526. The van der Waals surface area contributed by atoms with E-state index in [9.17, 15) is 0 Å².